The van der Waals surface area contributed by atoms with Gasteiger partial charge in [0.1, 0.15) is 0 Å². The number of halogens is 3. The molecule has 0 spiro atoms. The maximum Gasteiger partial charge on any atom is 0.417 e. The van der Waals surface area contributed by atoms with E-state index in [9.17, 15) is 18.3 Å². The van der Waals surface area contributed by atoms with Crippen LogP contribution >= 0.6 is 0 Å². The Kier molecular flexibility index (Phi) is 5.45. The van der Waals surface area contributed by atoms with Crippen molar-refractivity contribution in [3.8, 4) is 0 Å². The molecule has 1 nitrogen and oxygen atoms in total. The molecule has 0 saturated heterocycles. The Morgan fingerprint density at radius 3 is 2.35 bits per heavy atom. The molecule has 0 amide bonds. The molecule has 6 atom stereocenters. The van der Waals surface area contributed by atoms with Gasteiger partial charge in [-0.25, -0.2) is 0 Å². The lowest BCUT2D eigenvalue weighted by Gasteiger charge is -2.58. The summed E-state index contributed by atoms with van der Waals surface area (Å²) in [7, 11) is 0. The topological polar surface area (TPSA) is 20.2 Å². The van der Waals surface area contributed by atoms with Crippen molar-refractivity contribution >= 4 is 0 Å². The van der Waals surface area contributed by atoms with Crippen LogP contribution in [0.5, 0.6) is 0 Å². The van der Waals surface area contributed by atoms with Crippen LogP contribution in [0.4, 0.5) is 13.2 Å². The fourth-order valence-electron chi connectivity index (χ4n) is 5.80. The van der Waals surface area contributed by atoms with E-state index in [-0.39, 0.29) is 24.2 Å². The van der Waals surface area contributed by atoms with Crippen LogP contribution in [0.25, 0.3) is 0 Å². The molecule has 2 fully saturated rings. The Labute approximate surface area is 139 Å². The lowest BCUT2D eigenvalue weighted by molar-refractivity contribution is -0.288. The molecule has 0 heterocycles. The van der Waals surface area contributed by atoms with Gasteiger partial charge in [0.2, 0.25) is 0 Å². The number of rotatable bonds is 4. The van der Waals surface area contributed by atoms with Crippen LogP contribution < -0.4 is 0 Å². The largest absolute Gasteiger partial charge is 0.417 e. The van der Waals surface area contributed by atoms with Crippen molar-refractivity contribution in [2.24, 2.45) is 29.1 Å². The Morgan fingerprint density at radius 2 is 1.83 bits per heavy atom. The first kappa shape index (κ1) is 19.1. The van der Waals surface area contributed by atoms with E-state index in [1.807, 2.05) is 0 Å². The highest BCUT2D eigenvalue weighted by Gasteiger charge is 2.61. The number of aliphatic hydroxyl groups is 1. The van der Waals surface area contributed by atoms with E-state index in [1.165, 1.54) is 12.8 Å². The minimum absolute atomic E-state index is 0.00194. The number of alkyl halides is 3. The number of fused-ring (bicyclic) bond motifs is 1. The van der Waals surface area contributed by atoms with Gasteiger partial charge in [0, 0.05) is 0 Å². The summed E-state index contributed by atoms with van der Waals surface area (Å²) in [4.78, 5) is 0. The summed E-state index contributed by atoms with van der Waals surface area (Å²) in [5.74, 6) is 1.75. The molecule has 2 rings (SSSR count). The number of hydrogen-bond acceptors (Lipinski definition) is 1. The molecule has 0 aliphatic heterocycles. The quantitative estimate of drug-likeness (QED) is 0.672. The Hall–Kier alpha value is -0.250. The van der Waals surface area contributed by atoms with Gasteiger partial charge >= 0.3 is 6.18 Å². The summed E-state index contributed by atoms with van der Waals surface area (Å²) in [6, 6.07) is 0. The second kappa shape index (κ2) is 6.57. The first-order valence-electron chi connectivity index (χ1n) is 9.38. The van der Waals surface area contributed by atoms with Gasteiger partial charge in [0.05, 0.1) is 0 Å². The average molecular weight is 334 g/mol. The molecule has 136 valence electrons. The molecule has 0 aromatic carbocycles. The van der Waals surface area contributed by atoms with Gasteiger partial charge in [-0.1, -0.05) is 47.0 Å². The molecule has 0 bridgehead atoms. The highest BCUT2D eigenvalue weighted by molar-refractivity contribution is 5.05. The average Bonchev–Trinajstić information content (AvgIpc) is 2.46. The lowest BCUT2D eigenvalue weighted by atomic mass is 9.48. The molecule has 2 aliphatic carbocycles. The van der Waals surface area contributed by atoms with Crippen molar-refractivity contribution in [2.75, 3.05) is 0 Å². The third-order valence-electron chi connectivity index (χ3n) is 7.25. The summed E-state index contributed by atoms with van der Waals surface area (Å²) < 4.78 is 39.7. The second-order valence-corrected chi connectivity index (χ2v) is 8.46. The standard InChI is InChI=1S/C19H33F3O/c1-5-7-13(3)15-9-8-14-12-18(23,19(20,21)22)11-10-17(14,4)16(15)6-2/h13-16,23H,5-12H2,1-4H3/t13-,14-,15-,16-,17-,18-/m0/s1. The fourth-order valence-corrected chi connectivity index (χ4v) is 5.80. The van der Waals surface area contributed by atoms with E-state index in [0.29, 0.717) is 24.2 Å². The van der Waals surface area contributed by atoms with Gasteiger partial charge in [-0.15, -0.1) is 0 Å². The summed E-state index contributed by atoms with van der Waals surface area (Å²) >= 11 is 0. The van der Waals surface area contributed by atoms with E-state index in [4.69, 9.17) is 0 Å². The molecule has 2 aliphatic rings. The molecule has 1 N–H and O–H groups in total. The number of hydrogen-bond donors (Lipinski definition) is 1. The summed E-state index contributed by atoms with van der Waals surface area (Å²) in [5.41, 5.74) is -2.51. The highest BCUT2D eigenvalue weighted by atomic mass is 19.4. The van der Waals surface area contributed by atoms with E-state index in [2.05, 4.69) is 27.7 Å². The van der Waals surface area contributed by atoms with Gasteiger partial charge in [-0.3, -0.25) is 0 Å². The van der Waals surface area contributed by atoms with E-state index in [1.54, 1.807) is 0 Å². The van der Waals surface area contributed by atoms with Crippen LogP contribution in [0.2, 0.25) is 0 Å². The van der Waals surface area contributed by atoms with Gasteiger partial charge in [0.25, 0.3) is 0 Å². The van der Waals surface area contributed by atoms with Gasteiger partial charge in [0.15, 0.2) is 5.60 Å². The zero-order valence-corrected chi connectivity index (χ0v) is 15.0. The molecule has 0 unspecified atom stereocenters. The zero-order chi connectivity index (χ0) is 17.5. The lowest BCUT2D eigenvalue weighted by Crippen LogP contribution is -2.57. The van der Waals surface area contributed by atoms with Crippen LogP contribution in [0.1, 0.15) is 79.1 Å². The predicted molar refractivity (Wildman–Crippen MR) is 87.0 cm³/mol. The Bertz CT molecular complexity index is 408. The third-order valence-corrected chi connectivity index (χ3v) is 7.25. The van der Waals surface area contributed by atoms with Gasteiger partial charge in [-0.05, 0) is 61.2 Å². The molecule has 4 heteroatoms. The monoisotopic (exact) mass is 334 g/mol. The van der Waals surface area contributed by atoms with Crippen LogP contribution in [-0.4, -0.2) is 16.9 Å². The van der Waals surface area contributed by atoms with Crippen molar-refractivity contribution in [1.82, 2.24) is 0 Å². The molecule has 2 saturated carbocycles. The first-order valence-corrected chi connectivity index (χ1v) is 9.38. The highest BCUT2D eigenvalue weighted by Crippen LogP contribution is 2.61. The van der Waals surface area contributed by atoms with Gasteiger partial charge < -0.3 is 5.11 Å². The van der Waals surface area contributed by atoms with E-state index >= 15 is 0 Å². The predicted octanol–water partition coefficient (Wildman–Crippen LogP) is 5.96. The zero-order valence-electron chi connectivity index (χ0n) is 15.0. The molecule has 0 aromatic heterocycles. The van der Waals surface area contributed by atoms with Crippen molar-refractivity contribution in [3.63, 3.8) is 0 Å². The minimum Gasteiger partial charge on any atom is -0.380 e. The normalized spacial score (nSPS) is 43.0. The second-order valence-electron chi connectivity index (χ2n) is 8.46. The van der Waals surface area contributed by atoms with Gasteiger partial charge in [-0.2, -0.15) is 13.2 Å². The Balaban J connectivity index is 2.22. The minimum atomic E-state index is -4.50. The molecule has 23 heavy (non-hydrogen) atoms. The van der Waals surface area contributed by atoms with Crippen LogP contribution in [0.3, 0.4) is 0 Å². The Morgan fingerprint density at radius 1 is 1.17 bits per heavy atom. The summed E-state index contributed by atoms with van der Waals surface area (Å²) in [5, 5.41) is 10.2. The third kappa shape index (κ3) is 3.29. The SMILES string of the molecule is CCC[C@H](C)[C@@H]1CC[C@H]2C[C@](O)(C(F)(F)F)CC[C@]2(C)[C@H]1CC. The van der Waals surface area contributed by atoms with Crippen molar-refractivity contribution < 1.29 is 18.3 Å². The molecular weight excluding hydrogens is 301 g/mol. The van der Waals surface area contributed by atoms with E-state index in [0.717, 1.165) is 19.3 Å². The molecule has 0 aromatic rings. The summed E-state index contributed by atoms with van der Waals surface area (Å²) in [6.07, 6.45) is 1.04. The van der Waals surface area contributed by atoms with Crippen molar-refractivity contribution in [1.29, 1.82) is 0 Å². The maximum absolute atomic E-state index is 13.2. The van der Waals surface area contributed by atoms with Crippen molar-refractivity contribution in [2.45, 2.75) is 90.8 Å². The molecule has 0 radical (unpaired) electrons. The maximum atomic E-state index is 13.2. The van der Waals surface area contributed by atoms with Crippen LogP contribution in [0.15, 0.2) is 0 Å². The molecular formula is C19H33F3O. The fraction of sp³-hybridized carbons (Fsp3) is 1.00. The first-order chi connectivity index (χ1) is 10.6. The van der Waals surface area contributed by atoms with Crippen molar-refractivity contribution in [3.05, 3.63) is 0 Å². The summed E-state index contributed by atoms with van der Waals surface area (Å²) in [6.45, 7) is 8.91. The van der Waals surface area contributed by atoms with Crippen LogP contribution in [-0.2, 0) is 0 Å². The van der Waals surface area contributed by atoms with E-state index < -0.39 is 11.8 Å². The van der Waals surface area contributed by atoms with Crippen LogP contribution in [0, 0.1) is 29.1 Å². The smallest absolute Gasteiger partial charge is 0.380 e.